The molecule has 0 aliphatic rings. The van der Waals surface area contributed by atoms with Gasteiger partial charge in [-0.15, -0.1) is 13.2 Å². The molecule has 0 aliphatic carbocycles. The average Bonchev–Trinajstić information content (AvgIpc) is 3.02. The monoisotopic (exact) mass is 350 g/mol. The SMILES string of the molecule is C=C.C=Cc1oc(C)c(N(C=O)CCC(=O)NC)c1C=C.CC.CC. The summed E-state index contributed by atoms with van der Waals surface area (Å²) < 4.78 is 5.51. The predicted molar refractivity (Wildman–Crippen MR) is 110 cm³/mol. The number of hydrogen-bond acceptors (Lipinski definition) is 3. The lowest BCUT2D eigenvalue weighted by Gasteiger charge is -2.17. The van der Waals surface area contributed by atoms with Crippen molar-refractivity contribution >= 4 is 30.2 Å². The molecule has 5 nitrogen and oxygen atoms in total. The molecule has 5 heteroatoms. The molecular formula is C20H34N2O3. The van der Waals surface area contributed by atoms with Crippen LogP contribution in [0.25, 0.3) is 12.2 Å². The van der Waals surface area contributed by atoms with Crippen molar-refractivity contribution in [3.8, 4) is 0 Å². The molecule has 1 aromatic rings. The Morgan fingerprint density at radius 2 is 1.68 bits per heavy atom. The summed E-state index contributed by atoms with van der Waals surface area (Å²) in [4.78, 5) is 23.9. The van der Waals surface area contributed by atoms with Gasteiger partial charge in [0.15, 0.2) is 0 Å². The number of aryl methyl sites for hydroxylation is 1. The van der Waals surface area contributed by atoms with Crippen LogP contribution >= 0.6 is 0 Å². The second-order valence-corrected chi connectivity index (χ2v) is 3.92. The van der Waals surface area contributed by atoms with Gasteiger partial charge in [0.25, 0.3) is 0 Å². The summed E-state index contributed by atoms with van der Waals surface area (Å²) in [5, 5.41) is 2.51. The van der Waals surface area contributed by atoms with Gasteiger partial charge in [-0.25, -0.2) is 0 Å². The maximum atomic E-state index is 11.3. The van der Waals surface area contributed by atoms with Crippen molar-refractivity contribution in [3.63, 3.8) is 0 Å². The second-order valence-electron chi connectivity index (χ2n) is 3.92. The molecule has 0 bridgehead atoms. The van der Waals surface area contributed by atoms with Crippen molar-refractivity contribution in [1.82, 2.24) is 5.32 Å². The Morgan fingerprint density at radius 3 is 2.04 bits per heavy atom. The molecule has 0 fully saturated rings. The van der Waals surface area contributed by atoms with Crippen LogP contribution in [0.2, 0.25) is 0 Å². The van der Waals surface area contributed by atoms with Crippen molar-refractivity contribution < 1.29 is 14.0 Å². The summed E-state index contributed by atoms with van der Waals surface area (Å²) in [6, 6.07) is 0. The van der Waals surface area contributed by atoms with E-state index < -0.39 is 0 Å². The third-order valence-corrected chi connectivity index (χ3v) is 2.78. The number of carbonyl (C=O) groups is 2. The van der Waals surface area contributed by atoms with Gasteiger partial charge in [0.05, 0.1) is 5.69 Å². The first-order valence-electron chi connectivity index (χ1n) is 8.39. The molecule has 0 aromatic carbocycles. The smallest absolute Gasteiger partial charge is 0.221 e. The van der Waals surface area contributed by atoms with Crippen molar-refractivity contribution in [2.24, 2.45) is 0 Å². The first-order valence-corrected chi connectivity index (χ1v) is 8.39. The number of amides is 2. The fourth-order valence-corrected chi connectivity index (χ4v) is 1.84. The molecule has 0 aliphatic heterocycles. The summed E-state index contributed by atoms with van der Waals surface area (Å²) >= 11 is 0. The van der Waals surface area contributed by atoms with E-state index in [1.807, 2.05) is 27.7 Å². The van der Waals surface area contributed by atoms with Crippen molar-refractivity contribution in [1.29, 1.82) is 0 Å². The number of nitrogens with zero attached hydrogens (tertiary/aromatic N) is 1. The lowest BCUT2D eigenvalue weighted by Crippen LogP contribution is -2.28. The molecule has 0 unspecified atom stereocenters. The summed E-state index contributed by atoms with van der Waals surface area (Å²) in [6.45, 7) is 23.4. The summed E-state index contributed by atoms with van der Waals surface area (Å²) in [5.74, 6) is 1.03. The highest BCUT2D eigenvalue weighted by atomic mass is 16.3. The zero-order chi connectivity index (χ0) is 20.4. The third kappa shape index (κ3) is 8.74. The molecular weight excluding hydrogens is 316 g/mol. The van der Waals surface area contributed by atoms with Crippen LogP contribution in [0.15, 0.2) is 30.7 Å². The molecule has 142 valence electrons. The van der Waals surface area contributed by atoms with Crippen LogP contribution in [0.1, 0.15) is 51.2 Å². The topological polar surface area (TPSA) is 62.6 Å². The van der Waals surface area contributed by atoms with Gasteiger partial charge >= 0.3 is 0 Å². The lowest BCUT2D eigenvalue weighted by molar-refractivity contribution is -0.120. The highest BCUT2D eigenvalue weighted by Crippen LogP contribution is 2.32. The van der Waals surface area contributed by atoms with E-state index >= 15 is 0 Å². The van der Waals surface area contributed by atoms with Gasteiger partial charge in [-0.1, -0.05) is 46.9 Å². The predicted octanol–water partition coefficient (Wildman–Crippen LogP) is 4.83. The molecule has 1 aromatic heterocycles. The van der Waals surface area contributed by atoms with Crippen LogP contribution in [0.4, 0.5) is 5.69 Å². The molecule has 0 atom stereocenters. The summed E-state index contributed by atoms with van der Waals surface area (Å²) in [5.41, 5.74) is 1.33. The van der Waals surface area contributed by atoms with Gasteiger partial charge in [0.2, 0.25) is 12.3 Å². The maximum absolute atomic E-state index is 11.3. The fraction of sp³-hybridized carbons (Fsp3) is 0.400. The first kappa shape index (κ1) is 27.3. The Hall–Kier alpha value is -2.56. The van der Waals surface area contributed by atoms with Gasteiger partial charge < -0.3 is 14.6 Å². The van der Waals surface area contributed by atoms with Gasteiger partial charge in [-0.05, 0) is 13.0 Å². The first-order chi connectivity index (χ1) is 12.1. The van der Waals surface area contributed by atoms with Crippen LogP contribution in [0.5, 0.6) is 0 Å². The number of furan rings is 1. The quantitative estimate of drug-likeness (QED) is 0.566. The van der Waals surface area contributed by atoms with E-state index in [2.05, 4.69) is 31.6 Å². The summed E-state index contributed by atoms with van der Waals surface area (Å²) in [7, 11) is 1.56. The molecule has 0 saturated carbocycles. The zero-order valence-electron chi connectivity index (χ0n) is 16.6. The van der Waals surface area contributed by atoms with Gasteiger partial charge in [0.1, 0.15) is 11.5 Å². The zero-order valence-corrected chi connectivity index (χ0v) is 16.6. The van der Waals surface area contributed by atoms with E-state index in [-0.39, 0.29) is 18.9 Å². The molecule has 25 heavy (non-hydrogen) atoms. The van der Waals surface area contributed by atoms with E-state index in [0.29, 0.717) is 29.2 Å². The molecule has 0 spiro atoms. The Labute approximate surface area is 153 Å². The fourth-order valence-electron chi connectivity index (χ4n) is 1.84. The highest BCUT2D eigenvalue weighted by molar-refractivity contribution is 5.86. The number of rotatable bonds is 7. The van der Waals surface area contributed by atoms with Crippen LogP contribution in [0, 0.1) is 6.92 Å². The number of nitrogens with one attached hydrogen (secondary N) is 1. The number of hydrogen-bond donors (Lipinski definition) is 1. The number of carbonyl (C=O) groups excluding carboxylic acids is 2. The molecule has 1 rings (SSSR count). The Morgan fingerprint density at radius 1 is 1.16 bits per heavy atom. The lowest BCUT2D eigenvalue weighted by atomic mass is 10.1. The molecule has 1 N–H and O–H groups in total. The highest BCUT2D eigenvalue weighted by Gasteiger charge is 2.19. The van der Waals surface area contributed by atoms with Crippen LogP contribution in [-0.4, -0.2) is 25.9 Å². The van der Waals surface area contributed by atoms with Crippen LogP contribution in [0.3, 0.4) is 0 Å². The number of anilines is 1. The second kappa shape index (κ2) is 17.8. The third-order valence-electron chi connectivity index (χ3n) is 2.78. The minimum absolute atomic E-state index is 0.128. The van der Waals surface area contributed by atoms with E-state index in [9.17, 15) is 9.59 Å². The van der Waals surface area contributed by atoms with E-state index in [0.717, 1.165) is 0 Å². The van der Waals surface area contributed by atoms with Crippen molar-refractivity contribution in [2.75, 3.05) is 18.5 Å². The van der Waals surface area contributed by atoms with Crippen LogP contribution < -0.4 is 10.2 Å². The van der Waals surface area contributed by atoms with Gasteiger partial charge in [0, 0.05) is 25.6 Å². The largest absolute Gasteiger partial charge is 0.459 e. The Bertz CT molecular complexity index is 519. The molecule has 0 saturated heterocycles. The average molecular weight is 351 g/mol. The molecule has 1 heterocycles. The minimum Gasteiger partial charge on any atom is -0.459 e. The van der Waals surface area contributed by atoms with Gasteiger partial charge in [-0.2, -0.15) is 0 Å². The Kier molecular flexibility index (Phi) is 19.4. The van der Waals surface area contributed by atoms with E-state index in [1.54, 1.807) is 26.1 Å². The van der Waals surface area contributed by atoms with Crippen LogP contribution in [-0.2, 0) is 9.59 Å². The van der Waals surface area contributed by atoms with Crippen molar-refractivity contribution in [2.45, 2.75) is 41.0 Å². The molecule has 2 amide bonds. The standard InChI is InChI=1S/C14H18N2O3.2C2H6.C2H4/c1-5-11-12(6-2)19-10(3)14(11)16(9-17)8-7-13(18)15-4;3*1-2/h5-6,9H,1-2,7-8H2,3-4H3,(H,15,18);2*1-2H3;1-2H2. The minimum atomic E-state index is -0.128. The summed E-state index contributed by atoms with van der Waals surface area (Å²) in [6.07, 6.45) is 4.08. The normalized spacial score (nSPS) is 8.08. The van der Waals surface area contributed by atoms with E-state index in [1.165, 1.54) is 4.90 Å². The maximum Gasteiger partial charge on any atom is 0.221 e. The molecule has 0 radical (unpaired) electrons. The Balaban J connectivity index is -0.000000725. The van der Waals surface area contributed by atoms with Crippen molar-refractivity contribution in [3.05, 3.63) is 43.4 Å². The van der Waals surface area contributed by atoms with Gasteiger partial charge in [-0.3, -0.25) is 9.59 Å². The van der Waals surface area contributed by atoms with E-state index in [4.69, 9.17) is 4.42 Å².